The molecule has 0 saturated carbocycles. The van der Waals surface area contributed by atoms with E-state index in [1.54, 1.807) is 24.3 Å². The number of hydrogen-bond donors (Lipinski definition) is 0. The van der Waals surface area contributed by atoms with Crippen LogP contribution in [-0.4, -0.2) is 21.5 Å². The van der Waals surface area contributed by atoms with E-state index in [2.05, 4.69) is 0 Å². The van der Waals surface area contributed by atoms with Gasteiger partial charge < -0.3 is 8.85 Å². The van der Waals surface area contributed by atoms with E-state index in [4.69, 9.17) is 8.85 Å². The van der Waals surface area contributed by atoms with E-state index in [1.165, 1.54) is 0 Å². The molecule has 0 aliphatic heterocycles. The van der Waals surface area contributed by atoms with E-state index in [-0.39, 0.29) is 0 Å². The molecule has 0 amide bonds. The van der Waals surface area contributed by atoms with Crippen molar-refractivity contribution in [3.63, 3.8) is 0 Å². The highest BCUT2D eigenvalue weighted by molar-refractivity contribution is 6.94. The Bertz CT molecular complexity index is 490. The van der Waals surface area contributed by atoms with Crippen molar-refractivity contribution < 1.29 is 18.4 Å². The summed E-state index contributed by atoms with van der Waals surface area (Å²) in [6, 6.07) is 18.1. The van der Waals surface area contributed by atoms with Crippen LogP contribution in [0.4, 0.5) is 0 Å². The van der Waals surface area contributed by atoms with Gasteiger partial charge in [0.25, 0.3) is 12.9 Å². The maximum atomic E-state index is 10.9. The largest absolute Gasteiger partial charge is 0.534 e. The lowest BCUT2D eigenvalue weighted by Crippen LogP contribution is -2.63. The minimum Gasteiger partial charge on any atom is -0.481 e. The van der Waals surface area contributed by atoms with Gasteiger partial charge in [0.2, 0.25) is 0 Å². The van der Waals surface area contributed by atoms with Crippen LogP contribution in [0.2, 0.25) is 0 Å². The molecule has 0 bridgehead atoms. The Kier molecular flexibility index (Phi) is 4.10. The molecule has 5 heteroatoms. The molecule has 2 aromatic carbocycles. The molecule has 2 aromatic rings. The average Bonchev–Trinajstić information content (AvgIpc) is 2.49. The fourth-order valence-electron chi connectivity index (χ4n) is 1.92. The summed E-state index contributed by atoms with van der Waals surface area (Å²) in [5, 5.41) is 1.39. The van der Waals surface area contributed by atoms with Crippen LogP contribution in [0.3, 0.4) is 0 Å². The van der Waals surface area contributed by atoms with Crippen LogP contribution in [0.1, 0.15) is 0 Å². The first-order chi connectivity index (χ1) is 9.33. The van der Waals surface area contributed by atoms with E-state index in [9.17, 15) is 9.59 Å². The minimum atomic E-state index is -3.28. The minimum absolute atomic E-state index is 0.329. The molecule has 0 unspecified atom stereocenters. The van der Waals surface area contributed by atoms with Crippen LogP contribution >= 0.6 is 0 Å². The molecular formula is C14H12O4Si. The van der Waals surface area contributed by atoms with Crippen LogP contribution in [0.15, 0.2) is 60.7 Å². The Morgan fingerprint density at radius 2 is 1.05 bits per heavy atom. The predicted molar refractivity (Wildman–Crippen MR) is 72.2 cm³/mol. The van der Waals surface area contributed by atoms with Crippen LogP contribution in [0, 0.1) is 0 Å². The highest BCUT2D eigenvalue weighted by atomic mass is 28.4. The zero-order valence-electron chi connectivity index (χ0n) is 10.1. The summed E-state index contributed by atoms with van der Waals surface area (Å²) in [7, 11) is -3.28. The van der Waals surface area contributed by atoms with Gasteiger partial charge >= 0.3 is 8.56 Å². The number of benzene rings is 2. The summed E-state index contributed by atoms with van der Waals surface area (Å²) in [4.78, 5) is 21.7. The second-order valence-electron chi connectivity index (χ2n) is 3.78. The van der Waals surface area contributed by atoms with Crippen LogP contribution in [-0.2, 0) is 18.4 Å². The summed E-state index contributed by atoms with van der Waals surface area (Å²) in [5.74, 6) is 0. The molecule has 19 heavy (non-hydrogen) atoms. The first-order valence-electron chi connectivity index (χ1n) is 5.67. The Morgan fingerprint density at radius 1 is 0.684 bits per heavy atom. The van der Waals surface area contributed by atoms with E-state index in [0.29, 0.717) is 23.3 Å². The Hall–Kier alpha value is -2.40. The maximum absolute atomic E-state index is 10.9. The first-order valence-corrected chi connectivity index (χ1v) is 7.49. The topological polar surface area (TPSA) is 52.6 Å². The number of carbonyl (C=O) groups is 2. The van der Waals surface area contributed by atoms with Crippen molar-refractivity contribution in [1.29, 1.82) is 0 Å². The van der Waals surface area contributed by atoms with Gasteiger partial charge in [-0.25, -0.2) is 0 Å². The predicted octanol–water partition coefficient (Wildman–Crippen LogP) is 0.589. The fourth-order valence-corrected chi connectivity index (χ4v) is 4.38. The molecule has 0 radical (unpaired) electrons. The third-order valence-corrected chi connectivity index (χ3v) is 5.78. The van der Waals surface area contributed by atoms with Gasteiger partial charge in [-0.3, -0.25) is 9.59 Å². The summed E-state index contributed by atoms with van der Waals surface area (Å²) >= 11 is 0. The first kappa shape index (κ1) is 13.0. The van der Waals surface area contributed by atoms with Crippen molar-refractivity contribution in [2.45, 2.75) is 0 Å². The van der Waals surface area contributed by atoms with Gasteiger partial charge in [0, 0.05) is 10.4 Å². The second-order valence-corrected chi connectivity index (χ2v) is 6.64. The smallest absolute Gasteiger partial charge is 0.481 e. The zero-order chi connectivity index (χ0) is 13.6. The molecule has 2 rings (SSSR count). The van der Waals surface area contributed by atoms with Gasteiger partial charge in [-0.05, 0) is 0 Å². The van der Waals surface area contributed by atoms with Gasteiger partial charge in [0.1, 0.15) is 0 Å². The normalized spacial score (nSPS) is 10.5. The summed E-state index contributed by atoms with van der Waals surface area (Å²) in [5.41, 5.74) is 0. The van der Waals surface area contributed by atoms with Gasteiger partial charge in [0.05, 0.1) is 0 Å². The molecule has 0 aliphatic rings. The molecule has 0 atom stereocenters. The van der Waals surface area contributed by atoms with Crippen molar-refractivity contribution >= 4 is 31.9 Å². The maximum Gasteiger partial charge on any atom is 0.534 e. The second kappa shape index (κ2) is 5.97. The molecular weight excluding hydrogens is 260 g/mol. The quantitative estimate of drug-likeness (QED) is 0.570. The van der Waals surface area contributed by atoms with Crippen LogP contribution in [0.5, 0.6) is 0 Å². The number of hydrogen-bond acceptors (Lipinski definition) is 4. The molecule has 0 fully saturated rings. The van der Waals surface area contributed by atoms with Gasteiger partial charge in [-0.2, -0.15) is 0 Å². The third kappa shape index (κ3) is 2.55. The molecule has 0 aliphatic carbocycles. The highest BCUT2D eigenvalue weighted by Crippen LogP contribution is 2.07. The molecule has 96 valence electrons. The fraction of sp³-hybridized carbons (Fsp3) is 0. The van der Waals surface area contributed by atoms with Crippen molar-refractivity contribution in [2.24, 2.45) is 0 Å². The summed E-state index contributed by atoms with van der Waals surface area (Å²) < 4.78 is 10.5. The number of rotatable bonds is 6. The van der Waals surface area contributed by atoms with Crippen molar-refractivity contribution in [3.05, 3.63) is 60.7 Å². The van der Waals surface area contributed by atoms with E-state index in [0.717, 1.165) is 0 Å². The lowest BCUT2D eigenvalue weighted by molar-refractivity contribution is -0.126. The van der Waals surface area contributed by atoms with E-state index < -0.39 is 8.56 Å². The Morgan fingerprint density at radius 3 is 1.37 bits per heavy atom. The monoisotopic (exact) mass is 272 g/mol. The molecule has 4 nitrogen and oxygen atoms in total. The van der Waals surface area contributed by atoms with E-state index >= 15 is 0 Å². The van der Waals surface area contributed by atoms with Crippen molar-refractivity contribution in [1.82, 2.24) is 0 Å². The van der Waals surface area contributed by atoms with Gasteiger partial charge in [-0.1, -0.05) is 60.7 Å². The molecule has 0 aromatic heterocycles. The highest BCUT2D eigenvalue weighted by Gasteiger charge is 2.46. The SMILES string of the molecule is O=CO[Si](OC=O)(c1ccccc1)c1ccccc1. The lowest BCUT2D eigenvalue weighted by Gasteiger charge is -2.26. The Labute approximate surface area is 111 Å². The lowest BCUT2D eigenvalue weighted by atomic mass is 10.4. The van der Waals surface area contributed by atoms with Gasteiger partial charge in [0.15, 0.2) is 0 Å². The third-order valence-electron chi connectivity index (χ3n) is 2.74. The standard InChI is InChI=1S/C14H12O4Si/c15-11-17-19(18-12-16,13-7-3-1-4-8-13)14-9-5-2-6-10-14/h1-12H. The molecule has 0 spiro atoms. The van der Waals surface area contributed by atoms with Crippen LogP contribution < -0.4 is 10.4 Å². The molecule has 0 heterocycles. The van der Waals surface area contributed by atoms with Gasteiger partial charge in [-0.15, -0.1) is 0 Å². The molecule has 0 N–H and O–H groups in total. The average molecular weight is 272 g/mol. The molecule has 0 saturated heterocycles. The van der Waals surface area contributed by atoms with Crippen molar-refractivity contribution in [2.75, 3.05) is 0 Å². The summed E-state index contributed by atoms with van der Waals surface area (Å²) in [6.45, 7) is 0.658. The van der Waals surface area contributed by atoms with E-state index in [1.807, 2.05) is 36.4 Å². The number of carbonyl (C=O) groups excluding carboxylic acids is 2. The zero-order valence-corrected chi connectivity index (χ0v) is 11.1. The van der Waals surface area contributed by atoms with Crippen LogP contribution in [0.25, 0.3) is 0 Å². The Balaban J connectivity index is 2.60. The summed E-state index contributed by atoms with van der Waals surface area (Å²) in [6.07, 6.45) is 0. The van der Waals surface area contributed by atoms with Crippen molar-refractivity contribution in [3.8, 4) is 0 Å².